The lowest BCUT2D eigenvalue weighted by atomic mass is 10.1. The van der Waals surface area contributed by atoms with Crippen LogP contribution in [-0.4, -0.2) is 66.8 Å². The van der Waals surface area contributed by atoms with Crippen LogP contribution < -0.4 is 9.64 Å². The third-order valence-electron chi connectivity index (χ3n) is 6.32. The standard InChI is InChI=1S/C31H33Cl2N3O7S3.ClH/c1-45(37,38)42-17-3-15-36(16-4-18-43-46(2,39)40)27-12-5-23(6-13-27)20-34-26-10-7-24(8-11-26)29-22-44-31(35-29)21-41-30-14-9-25(32)19-28(30)33;/h5-14,19-20,22H,3-4,15-18,21H2,1-2H3;1H. The molecule has 47 heavy (non-hydrogen) atoms. The number of aliphatic imine (C=N–C) groups is 1. The molecule has 1 aromatic heterocycles. The fourth-order valence-corrected chi connectivity index (χ4v) is 6.20. The molecule has 0 spiro atoms. The van der Waals surface area contributed by atoms with Gasteiger partial charge in [-0.1, -0.05) is 47.5 Å². The van der Waals surface area contributed by atoms with Gasteiger partial charge < -0.3 is 9.64 Å². The molecule has 0 fully saturated rings. The van der Waals surface area contributed by atoms with E-state index < -0.39 is 20.2 Å². The van der Waals surface area contributed by atoms with Gasteiger partial charge in [-0.05, 0) is 60.9 Å². The molecule has 254 valence electrons. The lowest BCUT2D eigenvalue weighted by Gasteiger charge is -2.25. The second kappa shape index (κ2) is 18.1. The van der Waals surface area contributed by atoms with E-state index in [0.29, 0.717) is 48.3 Å². The monoisotopic (exact) mass is 761 g/mol. The number of ether oxygens (including phenoxy) is 1. The first-order chi connectivity index (χ1) is 21.8. The number of benzene rings is 3. The smallest absolute Gasteiger partial charge is 0.264 e. The lowest BCUT2D eigenvalue weighted by molar-refractivity contribution is 0.306. The molecule has 0 unspecified atom stereocenters. The Bertz CT molecular complexity index is 1800. The molecule has 4 rings (SSSR count). The van der Waals surface area contributed by atoms with Crippen LogP contribution in [0.2, 0.25) is 10.0 Å². The van der Waals surface area contributed by atoms with Crippen molar-refractivity contribution in [1.82, 2.24) is 4.98 Å². The van der Waals surface area contributed by atoms with Gasteiger partial charge in [-0.25, -0.2) is 4.98 Å². The van der Waals surface area contributed by atoms with Crippen molar-refractivity contribution in [2.45, 2.75) is 19.4 Å². The van der Waals surface area contributed by atoms with Gasteiger partial charge in [0, 0.05) is 41.0 Å². The van der Waals surface area contributed by atoms with Gasteiger partial charge in [-0.2, -0.15) is 16.8 Å². The molecule has 0 aliphatic heterocycles. The Labute approximate surface area is 296 Å². The van der Waals surface area contributed by atoms with Crippen LogP contribution in [-0.2, 0) is 35.2 Å². The van der Waals surface area contributed by atoms with Crippen LogP contribution in [0.3, 0.4) is 0 Å². The highest BCUT2D eigenvalue weighted by Gasteiger charge is 2.11. The normalized spacial score (nSPS) is 11.8. The topological polar surface area (TPSA) is 124 Å². The minimum absolute atomic E-state index is 0. The van der Waals surface area contributed by atoms with Gasteiger partial charge in [0.2, 0.25) is 0 Å². The number of anilines is 1. The highest BCUT2D eigenvalue weighted by molar-refractivity contribution is 7.86. The van der Waals surface area contributed by atoms with E-state index in [0.717, 1.165) is 45.7 Å². The Morgan fingerprint density at radius 1 is 0.872 bits per heavy atom. The van der Waals surface area contributed by atoms with Crippen LogP contribution in [0.15, 0.2) is 77.1 Å². The fourth-order valence-electron chi connectivity index (χ4n) is 4.18. The maximum Gasteiger partial charge on any atom is 0.264 e. The molecule has 0 aliphatic carbocycles. The third kappa shape index (κ3) is 13.7. The highest BCUT2D eigenvalue weighted by Crippen LogP contribution is 2.30. The van der Waals surface area contributed by atoms with Gasteiger partial charge in [-0.3, -0.25) is 13.4 Å². The van der Waals surface area contributed by atoms with Gasteiger partial charge in [0.25, 0.3) is 20.2 Å². The SMILES string of the molecule is CS(=O)(=O)OCCCN(CCCOS(C)(=O)=O)c1ccc(C=Nc2ccc(-c3csc(COc4ccc(Cl)cc4Cl)n3)cc2)cc1.Cl. The first-order valence-corrected chi connectivity index (χ1v) is 19.3. The second-order valence-corrected chi connectivity index (χ2v) is 15.2. The predicted octanol–water partition coefficient (Wildman–Crippen LogP) is 7.41. The Balaban J connectivity index is 0.00000600. The van der Waals surface area contributed by atoms with E-state index in [2.05, 4.69) is 9.98 Å². The summed E-state index contributed by atoms with van der Waals surface area (Å²) >= 11 is 13.6. The largest absolute Gasteiger partial charge is 0.485 e. The Morgan fingerprint density at radius 3 is 2.06 bits per heavy atom. The van der Waals surface area contributed by atoms with Crippen LogP contribution in [0.1, 0.15) is 23.4 Å². The van der Waals surface area contributed by atoms with E-state index in [1.54, 1.807) is 24.4 Å². The molecule has 0 atom stereocenters. The molecule has 10 nitrogen and oxygen atoms in total. The van der Waals surface area contributed by atoms with E-state index in [1.165, 1.54) is 11.3 Å². The van der Waals surface area contributed by atoms with Crippen molar-refractivity contribution in [3.05, 3.63) is 92.7 Å². The number of halogens is 3. The predicted molar refractivity (Wildman–Crippen MR) is 192 cm³/mol. The van der Waals surface area contributed by atoms with E-state index in [-0.39, 0.29) is 25.6 Å². The minimum atomic E-state index is -3.52. The van der Waals surface area contributed by atoms with Crippen molar-refractivity contribution in [1.29, 1.82) is 0 Å². The summed E-state index contributed by atoms with van der Waals surface area (Å²) in [4.78, 5) is 11.3. The van der Waals surface area contributed by atoms with Crippen LogP contribution in [0.25, 0.3) is 11.3 Å². The average Bonchev–Trinajstić information content (AvgIpc) is 3.47. The molecule has 0 saturated heterocycles. The Hall–Kier alpha value is -2.75. The average molecular weight is 763 g/mol. The molecule has 0 aliphatic rings. The van der Waals surface area contributed by atoms with Crippen LogP contribution in [0.4, 0.5) is 11.4 Å². The summed E-state index contributed by atoms with van der Waals surface area (Å²) in [6.45, 7) is 1.42. The zero-order valence-corrected chi connectivity index (χ0v) is 30.3. The molecule has 0 radical (unpaired) electrons. The number of hydrogen-bond acceptors (Lipinski definition) is 11. The summed E-state index contributed by atoms with van der Waals surface area (Å²) < 4.78 is 60.6. The summed E-state index contributed by atoms with van der Waals surface area (Å²) in [5, 5.41) is 3.78. The number of hydrogen-bond donors (Lipinski definition) is 0. The molecule has 0 amide bonds. The zero-order valence-electron chi connectivity index (χ0n) is 25.5. The number of rotatable bonds is 17. The molecular formula is C31H34Cl3N3O7S3. The van der Waals surface area contributed by atoms with E-state index in [4.69, 9.17) is 36.3 Å². The number of thiazole rings is 1. The van der Waals surface area contributed by atoms with Gasteiger partial charge >= 0.3 is 0 Å². The van der Waals surface area contributed by atoms with E-state index in [9.17, 15) is 16.8 Å². The van der Waals surface area contributed by atoms with Gasteiger partial charge in [0.15, 0.2) is 0 Å². The van der Waals surface area contributed by atoms with Gasteiger partial charge in [-0.15, -0.1) is 23.7 Å². The van der Waals surface area contributed by atoms with Crippen molar-refractivity contribution in [3.63, 3.8) is 0 Å². The highest BCUT2D eigenvalue weighted by atomic mass is 35.5. The van der Waals surface area contributed by atoms with Crippen LogP contribution in [0, 0.1) is 0 Å². The fraction of sp³-hybridized carbons (Fsp3) is 0.290. The molecule has 0 N–H and O–H groups in total. The molecular weight excluding hydrogens is 729 g/mol. The zero-order chi connectivity index (χ0) is 33.2. The molecule has 0 saturated carbocycles. The summed E-state index contributed by atoms with van der Waals surface area (Å²) in [5.74, 6) is 0.547. The first kappa shape index (κ1) is 38.7. The summed E-state index contributed by atoms with van der Waals surface area (Å²) in [6.07, 6.45) is 4.72. The van der Waals surface area contributed by atoms with Crippen molar-refractivity contribution in [2.75, 3.05) is 43.7 Å². The number of nitrogens with zero attached hydrogens (tertiary/aromatic N) is 3. The van der Waals surface area contributed by atoms with Gasteiger partial charge in [0.1, 0.15) is 17.4 Å². The van der Waals surface area contributed by atoms with Crippen LogP contribution >= 0.6 is 46.9 Å². The van der Waals surface area contributed by atoms with Crippen LogP contribution in [0.5, 0.6) is 5.75 Å². The summed E-state index contributed by atoms with van der Waals surface area (Å²) in [6, 6.07) is 20.6. The molecule has 16 heteroatoms. The third-order valence-corrected chi connectivity index (χ3v) is 8.86. The Kier molecular flexibility index (Phi) is 14.9. The molecule has 4 aromatic rings. The lowest BCUT2D eigenvalue weighted by Crippen LogP contribution is -2.27. The first-order valence-electron chi connectivity index (χ1n) is 14.1. The van der Waals surface area contributed by atoms with Gasteiger partial charge in [0.05, 0.1) is 42.1 Å². The quantitative estimate of drug-likeness (QED) is 0.0615. The summed E-state index contributed by atoms with van der Waals surface area (Å²) in [7, 11) is -7.04. The minimum Gasteiger partial charge on any atom is -0.485 e. The second-order valence-electron chi connectivity index (χ2n) is 10.1. The Morgan fingerprint density at radius 2 is 1.49 bits per heavy atom. The van der Waals surface area contributed by atoms with E-state index >= 15 is 0 Å². The summed E-state index contributed by atoms with van der Waals surface area (Å²) in [5.41, 5.74) is 4.36. The van der Waals surface area contributed by atoms with E-state index in [1.807, 2.05) is 58.8 Å². The van der Waals surface area contributed by atoms with Crippen molar-refractivity contribution in [2.24, 2.45) is 4.99 Å². The maximum atomic E-state index is 11.3. The van der Waals surface area contributed by atoms with Crippen molar-refractivity contribution >= 4 is 84.8 Å². The van der Waals surface area contributed by atoms with Crippen molar-refractivity contribution < 1.29 is 29.9 Å². The molecule has 1 heterocycles. The molecule has 3 aromatic carbocycles. The number of aromatic nitrogens is 1. The van der Waals surface area contributed by atoms with Crippen molar-refractivity contribution in [3.8, 4) is 17.0 Å². The molecule has 0 bridgehead atoms. The maximum absolute atomic E-state index is 11.3.